The number of ether oxygens (including phenoxy) is 2. The van der Waals surface area contributed by atoms with Gasteiger partial charge in [0.1, 0.15) is 5.82 Å². The van der Waals surface area contributed by atoms with Crippen LogP contribution in [0.4, 0.5) is 4.39 Å². The maximum atomic E-state index is 13.4. The van der Waals surface area contributed by atoms with E-state index in [4.69, 9.17) is 9.47 Å². The fourth-order valence-corrected chi connectivity index (χ4v) is 1.61. The number of methoxy groups -OCH3 is 1. The van der Waals surface area contributed by atoms with E-state index in [0.717, 1.165) is 0 Å². The molecule has 0 saturated heterocycles. The van der Waals surface area contributed by atoms with Gasteiger partial charge in [-0.05, 0) is 24.6 Å². The third-order valence-corrected chi connectivity index (χ3v) is 2.66. The molecule has 19 heavy (non-hydrogen) atoms. The van der Waals surface area contributed by atoms with Crippen molar-refractivity contribution in [3.8, 4) is 0 Å². The molecule has 0 fully saturated rings. The van der Waals surface area contributed by atoms with Crippen molar-refractivity contribution < 1.29 is 18.7 Å². The first-order valence-corrected chi connectivity index (χ1v) is 6.43. The summed E-state index contributed by atoms with van der Waals surface area (Å²) in [6.45, 7) is 2.04. The molecule has 1 amide bonds. The van der Waals surface area contributed by atoms with E-state index in [-0.39, 0.29) is 5.56 Å². The molecule has 1 rings (SSSR count). The summed E-state index contributed by atoms with van der Waals surface area (Å²) in [5.41, 5.74) is 0.00722. The topological polar surface area (TPSA) is 47.6 Å². The molecule has 0 atom stereocenters. The minimum atomic E-state index is -0.549. The number of amides is 1. The molecule has 1 N–H and O–H groups in total. The standard InChI is InChI=1S/C13H18FNO3S/c1-17-7-8-18-6-2-5-15-13(16)11-9-10(19)3-4-12(11)14/h3-4,9,19H,2,5-8H2,1H3,(H,15,16). The van der Waals surface area contributed by atoms with Crippen LogP contribution in [0.1, 0.15) is 16.8 Å². The Hall–Kier alpha value is -1.11. The van der Waals surface area contributed by atoms with E-state index >= 15 is 0 Å². The van der Waals surface area contributed by atoms with Gasteiger partial charge in [-0.3, -0.25) is 4.79 Å². The first-order chi connectivity index (χ1) is 9.15. The quantitative estimate of drug-likeness (QED) is 0.567. The minimum absolute atomic E-state index is 0.00722. The fourth-order valence-electron chi connectivity index (χ4n) is 1.40. The number of hydrogen-bond donors (Lipinski definition) is 2. The van der Waals surface area contributed by atoms with Crippen molar-refractivity contribution in [2.45, 2.75) is 11.3 Å². The number of carbonyl (C=O) groups excluding carboxylic acids is 1. The zero-order chi connectivity index (χ0) is 14.1. The summed E-state index contributed by atoms with van der Waals surface area (Å²) in [5.74, 6) is -0.989. The molecule has 0 radical (unpaired) electrons. The largest absolute Gasteiger partial charge is 0.382 e. The summed E-state index contributed by atoms with van der Waals surface area (Å²) in [6.07, 6.45) is 0.664. The Labute approximate surface area is 117 Å². The van der Waals surface area contributed by atoms with Crippen LogP contribution in [-0.2, 0) is 9.47 Å². The predicted molar refractivity (Wildman–Crippen MR) is 73.3 cm³/mol. The summed E-state index contributed by atoms with van der Waals surface area (Å²) in [5, 5.41) is 2.63. The van der Waals surface area contributed by atoms with Crippen molar-refractivity contribution in [2.24, 2.45) is 0 Å². The minimum Gasteiger partial charge on any atom is -0.382 e. The lowest BCUT2D eigenvalue weighted by Crippen LogP contribution is -2.26. The summed E-state index contributed by atoms with van der Waals surface area (Å²) in [6, 6.07) is 4.13. The Balaban J connectivity index is 2.26. The van der Waals surface area contributed by atoms with Crippen molar-refractivity contribution >= 4 is 18.5 Å². The van der Waals surface area contributed by atoms with Crippen molar-refractivity contribution in [2.75, 3.05) is 33.5 Å². The molecule has 4 nitrogen and oxygen atoms in total. The van der Waals surface area contributed by atoms with Gasteiger partial charge < -0.3 is 14.8 Å². The summed E-state index contributed by atoms with van der Waals surface area (Å²) in [4.78, 5) is 12.3. The Morgan fingerprint density at radius 1 is 1.37 bits per heavy atom. The fraction of sp³-hybridized carbons (Fsp3) is 0.462. The SMILES string of the molecule is COCCOCCCNC(=O)c1cc(S)ccc1F. The van der Waals surface area contributed by atoms with Gasteiger partial charge in [-0.1, -0.05) is 0 Å². The smallest absolute Gasteiger partial charge is 0.254 e. The third-order valence-electron chi connectivity index (χ3n) is 2.38. The van der Waals surface area contributed by atoms with Crippen LogP contribution in [0.25, 0.3) is 0 Å². The first kappa shape index (κ1) is 15.9. The van der Waals surface area contributed by atoms with Gasteiger partial charge >= 0.3 is 0 Å². The van der Waals surface area contributed by atoms with Gasteiger partial charge in [0.15, 0.2) is 0 Å². The maximum absolute atomic E-state index is 13.4. The average molecular weight is 287 g/mol. The van der Waals surface area contributed by atoms with Crippen LogP contribution in [-0.4, -0.2) is 39.4 Å². The van der Waals surface area contributed by atoms with E-state index in [1.807, 2.05) is 0 Å². The van der Waals surface area contributed by atoms with E-state index in [2.05, 4.69) is 17.9 Å². The molecule has 6 heteroatoms. The number of carbonyl (C=O) groups is 1. The number of rotatable bonds is 8. The van der Waals surface area contributed by atoms with E-state index < -0.39 is 11.7 Å². The van der Waals surface area contributed by atoms with E-state index in [1.54, 1.807) is 7.11 Å². The van der Waals surface area contributed by atoms with Gasteiger partial charge in [-0.25, -0.2) is 4.39 Å². The van der Waals surface area contributed by atoms with Gasteiger partial charge in [0.2, 0.25) is 0 Å². The van der Waals surface area contributed by atoms with Gasteiger partial charge in [-0.2, -0.15) is 0 Å². The molecule has 1 aromatic carbocycles. The molecule has 0 saturated carbocycles. The second kappa shape index (κ2) is 8.90. The number of thiol groups is 1. The number of hydrogen-bond acceptors (Lipinski definition) is 4. The molecular formula is C13H18FNO3S. The molecule has 0 aliphatic carbocycles. The van der Waals surface area contributed by atoms with Crippen LogP contribution < -0.4 is 5.32 Å². The maximum Gasteiger partial charge on any atom is 0.254 e. The number of halogens is 1. The monoisotopic (exact) mass is 287 g/mol. The van der Waals surface area contributed by atoms with Gasteiger partial charge in [0, 0.05) is 25.2 Å². The molecule has 0 aliphatic rings. The normalized spacial score (nSPS) is 10.5. The predicted octanol–water partition coefficient (Wildman–Crippen LogP) is 1.90. The molecule has 0 unspecified atom stereocenters. The average Bonchev–Trinajstić information content (AvgIpc) is 2.40. The zero-order valence-corrected chi connectivity index (χ0v) is 11.7. The Morgan fingerprint density at radius 2 is 2.16 bits per heavy atom. The van der Waals surface area contributed by atoms with Crippen LogP contribution in [0.5, 0.6) is 0 Å². The highest BCUT2D eigenvalue weighted by Gasteiger charge is 2.10. The van der Waals surface area contributed by atoms with E-state index in [9.17, 15) is 9.18 Å². The van der Waals surface area contributed by atoms with E-state index in [1.165, 1.54) is 18.2 Å². The summed E-state index contributed by atoms with van der Waals surface area (Å²) in [7, 11) is 1.60. The van der Waals surface area contributed by atoms with Crippen molar-refractivity contribution in [1.29, 1.82) is 0 Å². The van der Waals surface area contributed by atoms with Gasteiger partial charge in [0.05, 0.1) is 18.8 Å². The second-order valence-corrected chi connectivity index (χ2v) is 4.40. The van der Waals surface area contributed by atoms with Crippen LogP contribution in [0, 0.1) is 5.82 Å². The highest BCUT2D eigenvalue weighted by molar-refractivity contribution is 7.80. The Bertz CT molecular complexity index is 415. The lowest BCUT2D eigenvalue weighted by atomic mass is 10.2. The number of benzene rings is 1. The van der Waals surface area contributed by atoms with Crippen LogP contribution in [0.15, 0.2) is 23.1 Å². The Morgan fingerprint density at radius 3 is 2.89 bits per heavy atom. The summed E-state index contributed by atoms with van der Waals surface area (Å²) >= 11 is 4.07. The molecule has 0 spiro atoms. The van der Waals surface area contributed by atoms with Crippen molar-refractivity contribution in [3.05, 3.63) is 29.6 Å². The van der Waals surface area contributed by atoms with Crippen LogP contribution >= 0.6 is 12.6 Å². The third kappa shape index (κ3) is 6.04. The lowest BCUT2D eigenvalue weighted by molar-refractivity contribution is 0.0688. The molecule has 0 bridgehead atoms. The van der Waals surface area contributed by atoms with Gasteiger partial charge in [-0.15, -0.1) is 12.6 Å². The molecular weight excluding hydrogens is 269 g/mol. The van der Waals surface area contributed by atoms with Crippen molar-refractivity contribution in [3.63, 3.8) is 0 Å². The second-order valence-electron chi connectivity index (χ2n) is 3.88. The molecule has 0 aliphatic heterocycles. The van der Waals surface area contributed by atoms with Crippen LogP contribution in [0.3, 0.4) is 0 Å². The highest BCUT2D eigenvalue weighted by atomic mass is 32.1. The van der Waals surface area contributed by atoms with E-state index in [0.29, 0.717) is 37.7 Å². The summed E-state index contributed by atoms with van der Waals surface area (Å²) < 4.78 is 23.5. The molecule has 1 aromatic rings. The van der Waals surface area contributed by atoms with Gasteiger partial charge in [0.25, 0.3) is 5.91 Å². The zero-order valence-electron chi connectivity index (χ0n) is 10.8. The number of nitrogens with one attached hydrogen (secondary N) is 1. The lowest BCUT2D eigenvalue weighted by Gasteiger charge is -2.07. The van der Waals surface area contributed by atoms with Crippen LogP contribution in [0.2, 0.25) is 0 Å². The molecule has 0 heterocycles. The Kier molecular flexibility index (Phi) is 7.47. The molecule has 0 aromatic heterocycles. The molecule has 106 valence electrons. The first-order valence-electron chi connectivity index (χ1n) is 5.98. The van der Waals surface area contributed by atoms with Crippen molar-refractivity contribution in [1.82, 2.24) is 5.32 Å². The highest BCUT2D eigenvalue weighted by Crippen LogP contribution is 2.13.